The van der Waals surface area contributed by atoms with Crippen LogP contribution in [-0.4, -0.2) is 0 Å². The second-order valence-corrected chi connectivity index (χ2v) is 10.8. The summed E-state index contributed by atoms with van der Waals surface area (Å²) in [6.07, 6.45) is 19.5. The molecule has 1 unspecified atom stereocenters. The van der Waals surface area contributed by atoms with Gasteiger partial charge in [0.15, 0.2) is 11.6 Å². The summed E-state index contributed by atoms with van der Waals surface area (Å²) in [5.41, 5.74) is 0.281. The molecular formula is C29H43F2N. The quantitative estimate of drug-likeness (QED) is 0.330. The Kier molecular flexibility index (Phi) is 10.0. The molecule has 0 saturated heterocycles. The van der Waals surface area contributed by atoms with Crippen LogP contribution >= 0.6 is 0 Å². The Morgan fingerprint density at radius 3 is 2.06 bits per heavy atom. The lowest BCUT2D eigenvalue weighted by molar-refractivity contribution is 0.131. The first kappa shape index (κ1) is 25.2. The van der Waals surface area contributed by atoms with Gasteiger partial charge in [-0.25, -0.2) is 8.78 Å². The topological polar surface area (TPSA) is 23.8 Å². The van der Waals surface area contributed by atoms with E-state index in [9.17, 15) is 8.78 Å². The van der Waals surface area contributed by atoms with E-state index in [2.05, 4.69) is 13.8 Å². The highest BCUT2D eigenvalue weighted by atomic mass is 19.2. The Labute approximate surface area is 195 Å². The molecule has 0 bridgehead atoms. The molecule has 3 rings (SSSR count). The van der Waals surface area contributed by atoms with E-state index in [1.54, 1.807) is 12.1 Å². The maximum atomic E-state index is 14.5. The number of hydrogen-bond donors (Lipinski definition) is 0. The predicted octanol–water partition coefficient (Wildman–Crippen LogP) is 9.30. The van der Waals surface area contributed by atoms with Crippen molar-refractivity contribution in [3.05, 3.63) is 34.9 Å². The van der Waals surface area contributed by atoms with E-state index in [1.807, 2.05) is 0 Å². The van der Waals surface area contributed by atoms with Crippen molar-refractivity contribution in [2.24, 2.45) is 23.7 Å². The van der Waals surface area contributed by atoms with Crippen molar-refractivity contribution in [2.45, 2.75) is 116 Å². The minimum absolute atomic E-state index is 0.0914. The molecule has 178 valence electrons. The lowest BCUT2D eigenvalue weighted by Gasteiger charge is -2.39. The Morgan fingerprint density at radius 2 is 1.44 bits per heavy atom. The van der Waals surface area contributed by atoms with Crippen LogP contribution in [-0.2, 0) is 0 Å². The fraction of sp³-hybridized carbons (Fsp3) is 0.759. The van der Waals surface area contributed by atoms with Gasteiger partial charge in [-0.1, -0.05) is 77.7 Å². The van der Waals surface area contributed by atoms with E-state index < -0.39 is 11.6 Å². The number of unbranched alkanes of at least 4 members (excludes halogenated alkanes) is 5. The summed E-state index contributed by atoms with van der Waals surface area (Å²) in [5.74, 6) is 1.58. The van der Waals surface area contributed by atoms with Gasteiger partial charge in [-0.15, -0.1) is 0 Å². The van der Waals surface area contributed by atoms with Crippen LogP contribution in [0.3, 0.4) is 0 Å². The van der Waals surface area contributed by atoms with Crippen molar-refractivity contribution in [3.63, 3.8) is 0 Å². The molecular weight excluding hydrogens is 400 g/mol. The van der Waals surface area contributed by atoms with Gasteiger partial charge < -0.3 is 0 Å². The second-order valence-electron chi connectivity index (χ2n) is 10.8. The first-order valence-electron chi connectivity index (χ1n) is 13.4. The van der Waals surface area contributed by atoms with Crippen molar-refractivity contribution < 1.29 is 8.78 Å². The fourth-order valence-corrected chi connectivity index (χ4v) is 6.52. The van der Waals surface area contributed by atoms with Crippen LogP contribution in [0.25, 0.3) is 0 Å². The first-order valence-corrected chi connectivity index (χ1v) is 13.4. The van der Waals surface area contributed by atoms with Gasteiger partial charge in [0.05, 0.1) is 5.56 Å². The zero-order valence-corrected chi connectivity index (χ0v) is 20.4. The third kappa shape index (κ3) is 6.55. The standard InChI is InChI=1S/C29H43F2N/c1-3-4-5-6-7-8-9-22-10-12-23(13-11-22)21(2)24-14-16-25(17-15-24)27-19-18-26(20-32)28(30)29(27)31/h18-19,21-25H,3-17H2,1-2H3. The van der Waals surface area contributed by atoms with Crippen molar-refractivity contribution >= 4 is 0 Å². The molecule has 32 heavy (non-hydrogen) atoms. The molecule has 0 radical (unpaired) electrons. The lowest BCUT2D eigenvalue weighted by Crippen LogP contribution is -2.28. The number of halogens is 2. The largest absolute Gasteiger partial charge is 0.203 e. The van der Waals surface area contributed by atoms with Gasteiger partial charge in [0, 0.05) is 0 Å². The zero-order chi connectivity index (χ0) is 22.9. The van der Waals surface area contributed by atoms with Gasteiger partial charge in [-0.05, 0) is 79.7 Å². The van der Waals surface area contributed by atoms with Crippen molar-refractivity contribution in [1.29, 1.82) is 5.26 Å². The van der Waals surface area contributed by atoms with Crippen LogP contribution < -0.4 is 0 Å². The van der Waals surface area contributed by atoms with Gasteiger partial charge >= 0.3 is 0 Å². The summed E-state index contributed by atoms with van der Waals surface area (Å²) in [5, 5.41) is 8.91. The van der Waals surface area contributed by atoms with Gasteiger partial charge in [0.25, 0.3) is 0 Å². The number of nitriles is 1. The first-order chi connectivity index (χ1) is 15.5. The number of nitrogens with zero attached hydrogens (tertiary/aromatic N) is 1. The van der Waals surface area contributed by atoms with Crippen LogP contribution in [0.4, 0.5) is 8.78 Å². The molecule has 2 aliphatic rings. The maximum absolute atomic E-state index is 14.5. The monoisotopic (exact) mass is 443 g/mol. The Bertz CT molecular complexity index is 736. The van der Waals surface area contributed by atoms with E-state index >= 15 is 0 Å². The minimum Gasteiger partial charge on any atom is -0.203 e. The fourth-order valence-electron chi connectivity index (χ4n) is 6.52. The second kappa shape index (κ2) is 12.7. The van der Waals surface area contributed by atoms with Gasteiger partial charge in [0.1, 0.15) is 6.07 Å². The third-order valence-corrected chi connectivity index (χ3v) is 8.79. The smallest absolute Gasteiger partial charge is 0.176 e. The SMILES string of the molecule is CCCCCCCCC1CCC(C(C)C2CCC(c3ccc(C#N)c(F)c3F)CC2)CC1. The summed E-state index contributed by atoms with van der Waals surface area (Å²) in [6, 6.07) is 4.81. The van der Waals surface area contributed by atoms with E-state index in [-0.39, 0.29) is 11.5 Å². The Balaban J connectivity index is 1.39. The molecule has 0 amide bonds. The van der Waals surface area contributed by atoms with E-state index in [4.69, 9.17) is 5.26 Å². The van der Waals surface area contributed by atoms with Gasteiger partial charge in [-0.2, -0.15) is 5.26 Å². The molecule has 2 saturated carbocycles. The highest BCUT2D eigenvalue weighted by molar-refractivity contribution is 5.36. The van der Waals surface area contributed by atoms with Crippen LogP contribution in [0.1, 0.15) is 127 Å². The molecule has 1 aromatic carbocycles. The summed E-state index contributed by atoms with van der Waals surface area (Å²) in [7, 11) is 0. The number of hydrogen-bond acceptors (Lipinski definition) is 1. The predicted molar refractivity (Wildman–Crippen MR) is 128 cm³/mol. The molecule has 1 atom stereocenters. The van der Waals surface area contributed by atoms with E-state index in [0.717, 1.165) is 49.4 Å². The molecule has 2 aliphatic carbocycles. The molecule has 0 aliphatic heterocycles. The van der Waals surface area contributed by atoms with E-state index in [0.29, 0.717) is 5.56 Å². The zero-order valence-electron chi connectivity index (χ0n) is 20.4. The molecule has 0 heterocycles. The number of rotatable bonds is 10. The molecule has 0 spiro atoms. The molecule has 3 heteroatoms. The highest BCUT2D eigenvalue weighted by Crippen LogP contribution is 2.45. The van der Waals surface area contributed by atoms with Gasteiger partial charge in [0.2, 0.25) is 0 Å². The average Bonchev–Trinajstić information content (AvgIpc) is 2.83. The third-order valence-electron chi connectivity index (χ3n) is 8.79. The summed E-state index contributed by atoms with van der Waals surface area (Å²) >= 11 is 0. The normalized spacial score (nSPS) is 27.1. The van der Waals surface area contributed by atoms with Gasteiger partial charge in [-0.3, -0.25) is 0 Å². The Morgan fingerprint density at radius 1 is 0.844 bits per heavy atom. The molecule has 2 fully saturated rings. The van der Waals surface area contributed by atoms with Crippen LogP contribution in [0, 0.1) is 46.6 Å². The van der Waals surface area contributed by atoms with Crippen LogP contribution in [0.5, 0.6) is 0 Å². The Hall–Kier alpha value is -1.43. The maximum Gasteiger partial charge on any atom is 0.176 e. The minimum atomic E-state index is -0.974. The summed E-state index contributed by atoms with van der Waals surface area (Å²) < 4.78 is 28.5. The van der Waals surface area contributed by atoms with Crippen LogP contribution in [0.15, 0.2) is 12.1 Å². The lowest BCUT2D eigenvalue weighted by atomic mass is 9.66. The molecule has 1 nitrogen and oxygen atoms in total. The molecule has 1 aromatic rings. The average molecular weight is 444 g/mol. The van der Waals surface area contributed by atoms with Crippen LogP contribution in [0.2, 0.25) is 0 Å². The van der Waals surface area contributed by atoms with Crippen molar-refractivity contribution in [1.82, 2.24) is 0 Å². The summed E-state index contributed by atoms with van der Waals surface area (Å²) in [4.78, 5) is 0. The number of benzene rings is 1. The highest BCUT2D eigenvalue weighted by Gasteiger charge is 2.33. The van der Waals surface area contributed by atoms with E-state index in [1.165, 1.54) is 76.7 Å². The molecule has 0 N–H and O–H groups in total. The van der Waals surface area contributed by atoms with Crippen molar-refractivity contribution in [2.75, 3.05) is 0 Å². The van der Waals surface area contributed by atoms with Crippen molar-refractivity contribution in [3.8, 4) is 6.07 Å². The summed E-state index contributed by atoms with van der Waals surface area (Å²) in [6.45, 7) is 4.73. The molecule has 0 aromatic heterocycles.